The van der Waals surface area contributed by atoms with Crippen molar-refractivity contribution in [3.63, 3.8) is 0 Å². The van der Waals surface area contributed by atoms with Crippen molar-refractivity contribution in [2.45, 2.75) is 43.5 Å². The number of halogens is 3. The number of fused-ring (bicyclic) bond motifs is 1. The molecule has 2 heterocycles. The highest BCUT2D eigenvalue weighted by Crippen LogP contribution is 2.42. The molecule has 0 N–H and O–H groups in total. The third kappa shape index (κ3) is 4.50. The van der Waals surface area contributed by atoms with Crippen LogP contribution >= 0.6 is 23.4 Å². The van der Waals surface area contributed by atoms with Gasteiger partial charge in [-0.1, -0.05) is 30.3 Å². The lowest BCUT2D eigenvalue weighted by molar-refractivity contribution is 0.0525. The predicted octanol–water partition coefficient (Wildman–Crippen LogP) is 6.80. The molecule has 0 aliphatic carbocycles. The zero-order valence-corrected chi connectivity index (χ0v) is 19.9. The normalized spacial score (nSPS) is 11.3. The molecule has 0 saturated carbocycles. The van der Waals surface area contributed by atoms with Crippen molar-refractivity contribution in [3.05, 3.63) is 70.6 Å². The monoisotopic (exact) mass is 489 g/mol. The molecular formula is C24H22ClF2N3O2S. The molecule has 0 atom stereocenters. The molecule has 0 spiro atoms. The van der Waals surface area contributed by atoms with Gasteiger partial charge < -0.3 is 9.30 Å². The summed E-state index contributed by atoms with van der Waals surface area (Å²) < 4.78 is 38.1. The molecular weight excluding hydrogens is 468 g/mol. The number of ether oxygens (including phenoxy) is 1. The van der Waals surface area contributed by atoms with Crippen LogP contribution in [-0.2, 0) is 11.3 Å². The van der Waals surface area contributed by atoms with Crippen molar-refractivity contribution in [2.24, 2.45) is 0 Å². The second kappa shape index (κ2) is 9.57. The van der Waals surface area contributed by atoms with Gasteiger partial charge in [0, 0.05) is 33.6 Å². The van der Waals surface area contributed by atoms with Gasteiger partial charge in [0.05, 0.1) is 34.6 Å². The van der Waals surface area contributed by atoms with Crippen molar-refractivity contribution < 1.29 is 18.3 Å². The number of esters is 1. The summed E-state index contributed by atoms with van der Waals surface area (Å²) in [7, 11) is 0. The quantitative estimate of drug-likeness (QED) is 0.268. The van der Waals surface area contributed by atoms with Crippen LogP contribution in [0.4, 0.5) is 8.78 Å². The van der Waals surface area contributed by atoms with Crippen LogP contribution < -0.4 is 0 Å². The number of rotatable bonds is 7. The lowest BCUT2D eigenvalue weighted by Gasteiger charge is -2.08. The highest BCUT2D eigenvalue weighted by atomic mass is 35.5. The maximum absolute atomic E-state index is 15.2. The van der Waals surface area contributed by atoms with E-state index in [2.05, 4.69) is 12.0 Å². The first-order chi connectivity index (χ1) is 15.8. The summed E-state index contributed by atoms with van der Waals surface area (Å²) in [6.07, 6.45) is 4.44. The van der Waals surface area contributed by atoms with E-state index < -0.39 is 17.6 Å². The molecule has 4 rings (SSSR count). The van der Waals surface area contributed by atoms with E-state index >= 15 is 4.39 Å². The molecule has 9 heteroatoms. The first-order valence-corrected chi connectivity index (χ1v) is 11.7. The van der Waals surface area contributed by atoms with Crippen LogP contribution in [0.15, 0.2) is 52.5 Å². The predicted molar refractivity (Wildman–Crippen MR) is 126 cm³/mol. The van der Waals surface area contributed by atoms with E-state index in [4.69, 9.17) is 16.3 Å². The van der Waals surface area contributed by atoms with Crippen molar-refractivity contribution >= 4 is 40.2 Å². The van der Waals surface area contributed by atoms with E-state index in [-0.39, 0.29) is 17.2 Å². The van der Waals surface area contributed by atoms with Gasteiger partial charge in [0.2, 0.25) is 0 Å². The van der Waals surface area contributed by atoms with E-state index in [0.29, 0.717) is 21.5 Å². The highest BCUT2D eigenvalue weighted by Gasteiger charge is 2.22. The van der Waals surface area contributed by atoms with Gasteiger partial charge in [-0.3, -0.25) is 4.68 Å². The summed E-state index contributed by atoms with van der Waals surface area (Å²) in [5.74, 6) is -1.70. The van der Waals surface area contributed by atoms with Crippen LogP contribution in [0.1, 0.15) is 36.3 Å². The van der Waals surface area contributed by atoms with E-state index in [0.717, 1.165) is 29.6 Å². The van der Waals surface area contributed by atoms with Crippen LogP contribution in [0.2, 0.25) is 5.02 Å². The second-order valence-corrected chi connectivity index (χ2v) is 8.96. The Labute approximate surface area is 199 Å². The molecule has 0 unspecified atom stereocenters. The van der Waals surface area contributed by atoms with Gasteiger partial charge in [-0.05, 0) is 50.6 Å². The van der Waals surface area contributed by atoms with Crippen LogP contribution in [0, 0.1) is 18.6 Å². The van der Waals surface area contributed by atoms with Crippen molar-refractivity contribution in [1.29, 1.82) is 0 Å². The molecule has 0 aliphatic heterocycles. The Morgan fingerprint density at radius 3 is 2.73 bits per heavy atom. The zero-order valence-electron chi connectivity index (χ0n) is 18.4. The van der Waals surface area contributed by atoms with Crippen molar-refractivity contribution in [2.75, 3.05) is 6.61 Å². The number of hydrogen-bond donors (Lipinski definition) is 0. The van der Waals surface area contributed by atoms with E-state index in [1.165, 1.54) is 23.9 Å². The minimum absolute atomic E-state index is 0.00843. The van der Waals surface area contributed by atoms with Crippen LogP contribution in [-0.4, -0.2) is 26.9 Å². The molecule has 5 nitrogen and oxygen atoms in total. The molecule has 2 aromatic carbocycles. The molecule has 172 valence electrons. The fourth-order valence-electron chi connectivity index (χ4n) is 3.75. The summed E-state index contributed by atoms with van der Waals surface area (Å²) in [4.78, 5) is 13.4. The third-order valence-corrected chi connectivity index (χ3v) is 6.62. The molecule has 0 amide bonds. The topological polar surface area (TPSA) is 49.0 Å². The fourth-order valence-corrected chi connectivity index (χ4v) is 5.01. The summed E-state index contributed by atoms with van der Waals surface area (Å²) >= 11 is 7.36. The van der Waals surface area contributed by atoms with E-state index in [1.54, 1.807) is 34.5 Å². The third-order valence-electron chi connectivity index (χ3n) is 5.13. The Morgan fingerprint density at radius 2 is 2.00 bits per heavy atom. The molecule has 2 aromatic heterocycles. The number of hydrogen-bond acceptors (Lipinski definition) is 4. The van der Waals surface area contributed by atoms with Crippen LogP contribution in [0.25, 0.3) is 16.6 Å². The standard InChI is InChI=1S/C24H22ClF2N3O2S/c1-4-8-29-13-17(12-28-29)30-14(3)23(19-6-7-20(25)21(27)22(19)30)33-18-10-15(9-16(26)11-18)24(31)32-5-2/h6-7,9-13H,4-5,8H2,1-3H3. The number of carbonyl (C=O) groups is 1. The smallest absolute Gasteiger partial charge is 0.338 e. The summed E-state index contributed by atoms with van der Waals surface area (Å²) in [5.41, 5.74) is 1.89. The number of nitrogens with zero attached hydrogens (tertiary/aromatic N) is 3. The summed E-state index contributed by atoms with van der Waals surface area (Å²) in [6.45, 7) is 6.53. The molecule has 0 saturated heterocycles. The average molecular weight is 490 g/mol. The van der Waals surface area contributed by atoms with Crippen LogP contribution in [0.5, 0.6) is 0 Å². The molecule has 33 heavy (non-hydrogen) atoms. The van der Waals surface area contributed by atoms with Gasteiger partial charge in [0.1, 0.15) is 5.82 Å². The molecule has 0 fully saturated rings. The number of aryl methyl sites for hydroxylation is 1. The molecule has 4 aromatic rings. The number of aromatic nitrogens is 3. The van der Waals surface area contributed by atoms with Crippen molar-refractivity contribution in [1.82, 2.24) is 14.3 Å². The Bertz CT molecular complexity index is 1350. The summed E-state index contributed by atoms with van der Waals surface area (Å²) in [6, 6.07) is 7.29. The Balaban J connectivity index is 1.86. The van der Waals surface area contributed by atoms with Gasteiger partial charge in [-0.2, -0.15) is 5.10 Å². The molecule has 0 bridgehead atoms. The van der Waals surface area contributed by atoms with Crippen LogP contribution in [0.3, 0.4) is 0 Å². The first-order valence-electron chi connectivity index (χ1n) is 10.5. The number of benzene rings is 2. The van der Waals surface area contributed by atoms with E-state index in [1.807, 2.05) is 13.1 Å². The maximum atomic E-state index is 15.2. The first kappa shape index (κ1) is 23.3. The highest BCUT2D eigenvalue weighted by molar-refractivity contribution is 7.99. The van der Waals surface area contributed by atoms with Gasteiger partial charge in [0.25, 0.3) is 0 Å². The Morgan fingerprint density at radius 1 is 1.21 bits per heavy atom. The Kier molecular flexibility index (Phi) is 6.76. The van der Waals surface area contributed by atoms with Gasteiger partial charge in [-0.15, -0.1) is 0 Å². The SMILES string of the molecule is CCCn1cc(-n2c(C)c(Sc3cc(F)cc(C(=O)OCC)c3)c3ccc(Cl)c(F)c32)cn1. The van der Waals surface area contributed by atoms with Gasteiger partial charge >= 0.3 is 5.97 Å². The fraction of sp³-hybridized carbons (Fsp3) is 0.250. The molecule has 0 aliphatic rings. The largest absolute Gasteiger partial charge is 0.462 e. The lowest BCUT2D eigenvalue weighted by Crippen LogP contribution is -2.05. The average Bonchev–Trinajstić information content (AvgIpc) is 3.34. The minimum Gasteiger partial charge on any atom is -0.462 e. The summed E-state index contributed by atoms with van der Waals surface area (Å²) in [5, 5.41) is 5.01. The second-order valence-electron chi connectivity index (χ2n) is 7.47. The van der Waals surface area contributed by atoms with Gasteiger partial charge in [-0.25, -0.2) is 13.6 Å². The molecule has 0 radical (unpaired) electrons. The zero-order chi connectivity index (χ0) is 23.7. The lowest BCUT2D eigenvalue weighted by atomic mass is 10.2. The minimum atomic E-state index is -0.598. The van der Waals surface area contributed by atoms with Gasteiger partial charge in [0.15, 0.2) is 5.82 Å². The van der Waals surface area contributed by atoms with E-state index in [9.17, 15) is 9.18 Å². The maximum Gasteiger partial charge on any atom is 0.338 e. The Hall–Kier alpha value is -2.84. The number of carbonyl (C=O) groups excluding carboxylic acids is 1. The van der Waals surface area contributed by atoms with Crippen molar-refractivity contribution in [3.8, 4) is 5.69 Å².